The smallest absolute Gasteiger partial charge is 0.254 e. The molecule has 0 radical (unpaired) electrons. The van der Waals surface area contributed by atoms with E-state index in [-0.39, 0.29) is 11.5 Å². The Kier molecular flexibility index (Phi) is 4.62. The normalized spacial score (nSPS) is 23.1. The van der Waals surface area contributed by atoms with Gasteiger partial charge in [0, 0.05) is 16.4 Å². The summed E-state index contributed by atoms with van der Waals surface area (Å²) in [6.07, 6.45) is 3.29. The molecule has 1 aliphatic rings. The van der Waals surface area contributed by atoms with Crippen LogP contribution in [0.2, 0.25) is 5.02 Å². The Bertz CT molecular complexity index is 455. The lowest BCUT2D eigenvalue weighted by atomic mass is 10.1. The third-order valence-corrected chi connectivity index (χ3v) is 4.27. The Morgan fingerprint density at radius 3 is 2.89 bits per heavy atom. The third-order valence-electron chi connectivity index (χ3n) is 3.20. The standard InChI is InChI=1S/C13H14BrClFNO/c14-9-2-1-8(5-9)7-17-13(18)11-4-3-10(15)6-12(11)16/h3-4,6,8-9H,1-2,5,7H2,(H,17,18). The molecule has 0 aromatic heterocycles. The molecular weight excluding hydrogens is 321 g/mol. The van der Waals surface area contributed by atoms with Gasteiger partial charge in [-0.1, -0.05) is 27.5 Å². The van der Waals surface area contributed by atoms with E-state index in [4.69, 9.17) is 11.6 Å². The van der Waals surface area contributed by atoms with E-state index in [1.54, 1.807) is 0 Å². The van der Waals surface area contributed by atoms with Crippen LogP contribution in [-0.4, -0.2) is 17.3 Å². The summed E-state index contributed by atoms with van der Waals surface area (Å²) in [6.45, 7) is 0.600. The van der Waals surface area contributed by atoms with Gasteiger partial charge in [-0.15, -0.1) is 0 Å². The number of rotatable bonds is 3. The molecule has 18 heavy (non-hydrogen) atoms. The molecule has 0 bridgehead atoms. The highest BCUT2D eigenvalue weighted by molar-refractivity contribution is 9.09. The Balaban J connectivity index is 1.91. The maximum absolute atomic E-state index is 13.5. The lowest BCUT2D eigenvalue weighted by Crippen LogP contribution is -2.29. The van der Waals surface area contributed by atoms with Gasteiger partial charge in [0.2, 0.25) is 0 Å². The topological polar surface area (TPSA) is 29.1 Å². The van der Waals surface area contributed by atoms with Crippen LogP contribution in [0, 0.1) is 11.7 Å². The van der Waals surface area contributed by atoms with Crippen LogP contribution in [0.25, 0.3) is 0 Å². The van der Waals surface area contributed by atoms with Gasteiger partial charge in [0.15, 0.2) is 0 Å². The van der Waals surface area contributed by atoms with Crippen molar-refractivity contribution in [2.45, 2.75) is 24.1 Å². The van der Waals surface area contributed by atoms with Gasteiger partial charge in [-0.2, -0.15) is 0 Å². The molecule has 1 N–H and O–H groups in total. The van der Waals surface area contributed by atoms with Crippen molar-refractivity contribution in [2.75, 3.05) is 6.54 Å². The van der Waals surface area contributed by atoms with E-state index in [0.29, 0.717) is 22.3 Å². The Hall–Kier alpha value is -0.610. The summed E-state index contributed by atoms with van der Waals surface area (Å²) in [5.74, 6) is -0.472. The second-order valence-electron chi connectivity index (χ2n) is 4.61. The quantitative estimate of drug-likeness (QED) is 0.838. The van der Waals surface area contributed by atoms with E-state index < -0.39 is 5.82 Å². The summed E-state index contributed by atoms with van der Waals surface area (Å²) in [5.41, 5.74) is 0.0489. The van der Waals surface area contributed by atoms with Gasteiger partial charge in [0.1, 0.15) is 5.82 Å². The number of carbonyl (C=O) groups excluding carboxylic acids is 1. The number of nitrogens with one attached hydrogen (secondary N) is 1. The van der Waals surface area contributed by atoms with Gasteiger partial charge >= 0.3 is 0 Å². The number of hydrogen-bond acceptors (Lipinski definition) is 1. The summed E-state index contributed by atoms with van der Waals surface area (Å²) in [4.78, 5) is 12.4. The van der Waals surface area contributed by atoms with Crippen LogP contribution in [0.5, 0.6) is 0 Å². The van der Waals surface area contributed by atoms with Crippen LogP contribution in [0.1, 0.15) is 29.6 Å². The van der Waals surface area contributed by atoms with Crippen molar-refractivity contribution >= 4 is 33.4 Å². The molecule has 0 saturated heterocycles. The number of benzene rings is 1. The Morgan fingerprint density at radius 2 is 2.28 bits per heavy atom. The SMILES string of the molecule is O=C(NCC1CCC(Br)C1)c1ccc(Cl)cc1F. The molecule has 1 aromatic carbocycles. The zero-order valence-electron chi connectivity index (χ0n) is 9.76. The Morgan fingerprint density at radius 1 is 1.50 bits per heavy atom. The van der Waals surface area contributed by atoms with Gasteiger partial charge in [-0.05, 0) is 43.4 Å². The molecule has 5 heteroatoms. The third kappa shape index (κ3) is 3.45. The average molecular weight is 335 g/mol. The lowest BCUT2D eigenvalue weighted by molar-refractivity contribution is 0.0943. The van der Waals surface area contributed by atoms with Crippen molar-refractivity contribution in [3.05, 3.63) is 34.6 Å². The lowest BCUT2D eigenvalue weighted by Gasteiger charge is -2.11. The van der Waals surface area contributed by atoms with Gasteiger partial charge in [-0.25, -0.2) is 4.39 Å². The van der Waals surface area contributed by atoms with Crippen molar-refractivity contribution in [3.8, 4) is 0 Å². The van der Waals surface area contributed by atoms with Crippen molar-refractivity contribution < 1.29 is 9.18 Å². The molecule has 1 aliphatic carbocycles. The number of halogens is 3. The molecule has 2 rings (SSSR count). The van der Waals surface area contributed by atoms with Gasteiger partial charge in [0.25, 0.3) is 5.91 Å². The second-order valence-corrected chi connectivity index (χ2v) is 6.34. The predicted molar refractivity (Wildman–Crippen MR) is 73.8 cm³/mol. The van der Waals surface area contributed by atoms with Gasteiger partial charge < -0.3 is 5.32 Å². The van der Waals surface area contributed by atoms with Gasteiger partial charge in [-0.3, -0.25) is 4.79 Å². The first kappa shape index (κ1) is 13.8. The summed E-state index contributed by atoms with van der Waals surface area (Å²) < 4.78 is 13.5. The average Bonchev–Trinajstić information content (AvgIpc) is 2.72. The van der Waals surface area contributed by atoms with E-state index in [0.717, 1.165) is 25.3 Å². The minimum Gasteiger partial charge on any atom is -0.352 e. The number of carbonyl (C=O) groups is 1. The highest BCUT2D eigenvalue weighted by Crippen LogP contribution is 2.30. The van der Waals surface area contributed by atoms with Crippen molar-refractivity contribution in [3.63, 3.8) is 0 Å². The first-order valence-electron chi connectivity index (χ1n) is 5.93. The highest BCUT2D eigenvalue weighted by atomic mass is 79.9. The summed E-state index contributed by atoms with van der Waals surface area (Å²) in [7, 11) is 0. The molecule has 1 fully saturated rings. The monoisotopic (exact) mass is 333 g/mol. The van der Waals surface area contributed by atoms with Crippen molar-refractivity contribution in [1.82, 2.24) is 5.32 Å². The van der Waals surface area contributed by atoms with E-state index in [9.17, 15) is 9.18 Å². The fraction of sp³-hybridized carbons (Fsp3) is 0.462. The summed E-state index contributed by atoms with van der Waals surface area (Å²) in [5, 5.41) is 3.07. The molecule has 2 nitrogen and oxygen atoms in total. The maximum Gasteiger partial charge on any atom is 0.254 e. The van der Waals surface area contributed by atoms with E-state index in [2.05, 4.69) is 21.2 Å². The minimum absolute atomic E-state index is 0.0489. The van der Waals surface area contributed by atoms with Crippen LogP contribution in [0.3, 0.4) is 0 Å². The number of amides is 1. The summed E-state index contributed by atoms with van der Waals surface area (Å²) >= 11 is 9.20. The molecule has 1 aromatic rings. The van der Waals surface area contributed by atoms with Gasteiger partial charge in [0.05, 0.1) is 5.56 Å². The first-order valence-corrected chi connectivity index (χ1v) is 7.23. The zero-order chi connectivity index (χ0) is 13.1. The van der Waals surface area contributed by atoms with Crippen molar-refractivity contribution in [2.24, 2.45) is 5.92 Å². The molecule has 2 unspecified atom stereocenters. The fourth-order valence-corrected chi connectivity index (χ4v) is 3.16. The van der Waals surface area contributed by atoms with E-state index >= 15 is 0 Å². The zero-order valence-corrected chi connectivity index (χ0v) is 12.1. The number of hydrogen-bond donors (Lipinski definition) is 1. The fourth-order valence-electron chi connectivity index (χ4n) is 2.21. The molecule has 98 valence electrons. The minimum atomic E-state index is -0.579. The Labute approximate surface area is 119 Å². The maximum atomic E-state index is 13.5. The van der Waals surface area contributed by atoms with Crippen LogP contribution < -0.4 is 5.32 Å². The second kappa shape index (κ2) is 6.02. The van der Waals surface area contributed by atoms with Crippen LogP contribution in [0.15, 0.2) is 18.2 Å². The summed E-state index contributed by atoms with van der Waals surface area (Å²) in [6, 6.07) is 4.08. The van der Waals surface area contributed by atoms with E-state index in [1.807, 2.05) is 0 Å². The van der Waals surface area contributed by atoms with E-state index in [1.165, 1.54) is 12.1 Å². The molecular formula is C13H14BrClFNO. The predicted octanol–water partition coefficient (Wildman–Crippen LogP) is 3.77. The van der Waals surface area contributed by atoms with Crippen LogP contribution in [0.4, 0.5) is 4.39 Å². The molecule has 1 amide bonds. The highest BCUT2D eigenvalue weighted by Gasteiger charge is 2.23. The molecule has 0 spiro atoms. The van der Waals surface area contributed by atoms with Crippen LogP contribution in [-0.2, 0) is 0 Å². The van der Waals surface area contributed by atoms with Crippen molar-refractivity contribution in [1.29, 1.82) is 0 Å². The number of alkyl halides is 1. The first-order chi connectivity index (χ1) is 8.56. The van der Waals surface area contributed by atoms with Crippen LogP contribution >= 0.6 is 27.5 Å². The molecule has 2 atom stereocenters. The molecule has 1 saturated carbocycles. The largest absolute Gasteiger partial charge is 0.352 e. The molecule has 0 heterocycles. The molecule has 0 aliphatic heterocycles.